The van der Waals surface area contributed by atoms with Gasteiger partial charge >= 0.3 is 12.4 Å². The van der Waals surface area contributed by atoms with Crippen molar-refractivity contribution in [3.63, 3.8) is 0 Å². The number of aryl methyl sites for hydroxylation is 1. The van der Waals surface area contributed by atoms with Crippen LogP contribution in [0, 0.1) is 12.7 Å². The van der Waals surface area contributed by atoms with Crippen LogP contribution >= 0.6 is 0 Å². The van der Waals surface area contributed by atoms with Gasteiger partial charge in [-0.3, -0.25) is 9.59 Å². The van der Waals surface area contributed by atoms with Crippen LogP contribution in [0.4, 0.5) is 36.4 Å². The van der Waals surface area contributed by atoms with Crippen LogP contribution < -0.4 is 10.6 Å². The minimum absolute atomic E-state index is 0.0370. The Bertz CT molecular complexity index is 1170. The number of benzene rings is 2. The normalized spacial score (nSPS) is 16.6. The van der Waals surface area contributed by atoms with Crippen molar-refractivity contribution in [3.8, 4) is 0 Å². The summed E-state index contributed by atoms with van der Waals surface area (Å²) >= 11 is 0. The highest BCUT2D eigenvalue weighted by Crippen LogP contribution is 2.38. The predicted molar refractivity (Wildman–Crippen MR) is 123 cm³/mol. The quantitative estimate of drug-likeness (QED) is 0.401. The van der Waals surface area contributed by atoms with Gasteiger partial charge in [-0.1, -0.05) is 6.07 Å². The fourth-order valence-electron chi connectivity index (χ4n) is 3.91. The third-order valence-corrected chi connectivity index (χ3v) is 6.09. The molecule has 0 bridgehead atoms. The smallest absolute Gasteiger partial charge is 0.338 e. The number of alkyl halides is 6. The Kier molecular flexibility index (Phi) is 8.01. The van der Waals surface area contributed by atoms with Gasteiger partial charge in [-0.15, -0.1) is 0 Å². The minimum atomic E-state index is -5.08. The molecule has 2 N–H and O–H groups in total. The highest BCUT2D eigenvalue weighted by molar-refractivity contribution is 6.03. The van der Waals surface area contributed by atoms with Crippen molar-refractivity contribution in [2.24, 2.45) is 0 Å². The molecule has 2 aromatic rings. The van der Waals surface area contributed by atoms with Crippen LogP contribution in [-0.4, -0.2) is 42.4 Å². The SMILES string of the molecule is Cc1cc(/C=C/C(=O)NC2(C(=O)Nc3cc(C(F)(F)F)cc(C(F)(F)F)c3)CCN(C)CC2)ccc1F. The van der Waals surface area contributed by atoms with Crippen LogP contribution in [0.5, 0.6) is 0 Å². The second-order valence-electron chi connectivity index (χ2n) is 8.97. The molecule has 1 aliphatic heterocycles. The molecule has 0 atom stereocenters. The lowest BCUT2D eigenvalue weighted by Gasteiger charge is -2.39. The zero-order valence-corrected chi connectivity index (χ0v) is 19.9. The van der Waals surface area contributed by atoms with Gasteiger partial charge in [0.15, 0.2) is 0 Å². The summed E-state index contributed by atoms with van der Waals surface area (Å²) in [5, 5.41) is 4.72. The Balaban J connectivity index is 1.87. The molecule has 0 aromatic heterocycles. The van der Waals surface area contributed by atoms with Gasteiger partial charge in [0.2, 0.25) is 11.8 Å². The number of carbonyl (C=O) groups excluding carboxylic acids is 2. The molecule has 0 radical (unpaired) electrons. The lowest BCUT2D eigenvalue weighted by molar-refractivity contribution is -0.143. The van der Waals surface area contributed by atoms with E-state index in [9.17, 15) is 40.3 Å². The summed E-state index contributed by atoms with van der Waals surface area (Å²) in [5.74, 6) is -2.07. The van der Waals surface area contributed by atoms with E-state index in [1.807, 2.05) is 4.90 Å². The lowest BCUT2D eigenvalue weighted by atomic mass is 9.86. The standard InChI is InChI=1S/C25H24F7N3O2/c1-15-11-16(3-5-20(15)26)4-6-21(36)34-23(7-9-35(2)10-8-23)22(37)33-19-13-17(24(27,28)29)12-18(14-19)25(30,31)32/h3-6,11-14H,7-10H2,1-2H3,(H,33,37)(H,34,36)/b6-4+. The number of nitrogens with zero attached hydrogens (tertiary/aromatic N) is 1. The summed E-state index contributed by atoms with van der Waals surface area (Å²) in [7, 11) is 1.77. The molecular formula is C25H24F7N3O2. The Labute approximate surface area is 208 Å². The first-order chi connectivity index (χ1) is 17.1. The number of piperidine rings is 1. The van der Waals surface area contributed by atoms with Gasteiger partial charge in [-0.2, -0.15) is 26.3 Å². The fourth-order valence-corrected chi connectivity index (χ4v) is 3.91. The molecule has 1 heterocycles. The van der Waals surface area contributed by atoms with Crippen molar-refractivity contribution >= 4 is 23.6 Å². The first-order valence-corrected chi connectivity index (χ1v) is 11.1. The van der Waals surface area contributed by atoms with E-state index < -0.39 is 52.3 Å². The minimum Gasteiger partial charge on any atom is -0.338 e. The average molecular weight is 531 g/mol. The van der Waals surface area contributed by atoms with Crippen molar-refractivity contribution in [2.75, 3.05) is 25.5 Å². The summed E-state index contributed by atoms with van der Waals surface area (Å²) in [6.45, 7) is 2.22. The van der Waals surface area contributed by atoms with Crippen LogP contribution in [-0.2, 0) is 21.9 Å². The Morgan fingerprint density at radius 2 is 1.51 bits per heavy atom. The molecular weight excluding hydrogens is 507 g/mol. The summed E-state index contributed by atoms with van der Waals surface area (Å²) in [4.78, 5) is 27.8. The molecule has 0 spiro atoms. The van der Waals surface area contributed by atoms with Gasteiger partial charge in [0.25, 0.3) is 0 Å². The van der Waals surface area contributed by atoms with E-state index in [-0.39, 0.29) is 18.9 Å². The van der Waals surface area contributed by atoms with Crippen LogP contribution in [0.3, 0.4) is 0 Å². The highest BCUT2D eigenvalue weighted by Gasteiger charge is 2.43. The first-order valence-electron chi connectivity index (χ1n) is 11.1. The Morgan fingerprint density at radius 3 is 2.03 bits per heavy atom. The summed E-state index contributed by atoms with van der Waals surface area (Å²) in [6.07, 6.45) is -7.52. The molecule has 0 aliphatic carbocycles. The number of carbonyl (C=O) groups is 2. The topological polar surface area (TPSA) is 61.4 Å². The molecule has 0 saturated carbocycles. The van der Waals surface area contributed by atoms with Gasteiger partial charge in [-0.05, 0) is 74.3 Å². The number of hydrogen-bond acceptors (Lipinski definition) is 3. The lowest BCUT2D eigenvalue weighted by Crippen LogP contribution is -2.61. The molecule has 2 aromatic carbocycles. The van der Waals surface area contributed by atoms with Crippen LogP contribution in [0.25, 0.3) is 6.08 Å². The number of likely N-dealkylation sites (tertiary alicyclic amines) is 1. The summed E-state index contributed by atoms with van der Waals surface area (Å²) in [6, 6.07) is 4.95. The number of halogens is 7. The van der Waals surface area contributed by atoms with E-state index in [0.717, 1.165) is 6.08 Å². The van der Waals surface area contributed by atoms with E-state index in [1.54, 1.807) is 14.0 Å². The van der Waals surface area contributed by atoms with Crippen molar-refractivity contribution in [1.29, 1.82) is 0 Å². The van der Waals surface area contributed by atoms with E-state index in [2.05, 4.69) is 10.6 Å². The molecule has 200 valence electrons. The van der Waals surface area contributed by atoms with Gasteiger partial charge in [0.05, 0.1) is 11.1 Å². The molecule has 5 nitrogen and oxygen atoms in total. The number of nitrogens with one attached hydrogen (secondary N) is 2. The Morgan fingerprint density at radius 1 is 0.946 bits per heavy atom. The average Bonchev–Trinajstić information content (AvgIpc) is 2.80. The second kappa shape index (κ2) is 10.5. The molecule has 2 amide bonds. The van der Waals surface area contributed by atoms with Gasteiger partial charge < -0.3 is 15.5 Å². The van der Waals surface area contributed by atoms with Crippen molar-refractivity contribution in [2.45, 2.75) is 37.7 Å². The third kappa shape index (κ3) is 7.09. The highest BCUT2D eigenvalue weighted by atomic mass is 19.4. The second-order valence-corrected chi connectivity index (χ2v) is 8.97. The van der Waals surface area contributed by atoms with Gasteiger partial charge in [0.1, 0.15) is 11.4 Å². The monoisotopic (exact) mass is 531 g/mol. The van der Waals surface area contributed by atoms with Crippen LogP contribution in [0.15, 0.2) is 42.5 Å². The van der Waals surface area contributed by atoms with Crippen molar-refractivity contribution in [1.82, 2.24) is 10.2 Å². The van der Waals surface area contributed by atoms with Crippen LogP contribution in [0.2, 0.25) is 0 Å². The van der Waals surface area contributed by atoms with Crippen molar-refractivity contribution < 1.29 is 40.3 Å². The number of hydrogen-bond donors (Lipinski definition) is 2. The van der Waals surface area contributed by atoms with Crippen LogP contribution in [0.1, 0.15) is 35.1 Å². The van der Waals surface area contributed by atoms with Gasteiger partial charge in [-0.25, -0.2) is 4.39 Å². The molecule has 3 rings (SSSR count). The van der Waals surface area contributed by atoms with E-state index in [4.69, 9.17) is 0 Å². The number of rotatable bonds is 5. The largest absolute Gasteiger partial charge is 0.416 e. The molecule has 0 unspecified atom stereocenters. The zero-order valence-electron chi connectivity index (χ0n) is 19.9. The molecule has 1 saturated heterocycles. The van der Waals surface area contributed by atoms with E-state index in [1.165, 1.54) is 24.3 Å². The molecule has 1 fully saturated rings. The maximum absolute atomic E-state index is 13.5. The third-order valence-electron chi connectivity index (χ3n) is 6.09. The van der Waals surface area contributed by atoms with Crippen molar-refractivity contribution in [3.05, 3.63) is 70.5 Å². The van der Waals surface area contributed by atoms with E-state index in [0.29, 0.717) is 36.3 Å². The molecule has 37 heavy (non-hydrogen) atoms. The zero-order chi connectivity index (χ0) is 27.6. The summed E-state index contributed by atoms with van der Waals surface area (Å²) < 4.78 is 92.8. The fraction of sp³-hybridized carbons (Fsp3) is 0.360. The number of amides is 2. The maximum Gasteiger partial charge on any atom is 0.416 e. The number of anilines is 1. The molecule has 12 heteroatoms. The maximum atomic E-state index is 13.5. The van der Waals surface area contributed by atoms with E-state index >= 15 is 0 Å². The Hall–Kier alpha value is -3.41. The molecule has 1 aliphatic rings. The predicted octanol–water partition coefficient (Wildman–Crippen LogP) is 5.40. The van der Waals surface area contributed by atoms with Gasteiger partial charge in [0, 0.05) is 24.9 Å². The summed E-state index contributed by atoms with van der Waals surface area (Å²) in [5.41, 5.74) is -4.56. The first kappa shape index (κ1) is 28.2.